The second-order valence-corrected chi connectivity index (χ2v) is 7.46. The first-order chi connectivity index (χ1) is 11.3. The lowest BCUT2D eigenvalue weighted by molar-refractivity contribution is -0.133. The van der Waals surface area contributed by atoms with E-state index in [1.54, 1.807) is 9.58 Å². The van der Waals surface area contributed by atoms with E-state index >= 15 is 0 Å². The Hall–Kier alpha value is -2.25. The third kappa shape index (κ3) is 3.32. The van der Waals surface area contributed by atoms with Crippen LogP contribution in [0.3, 0.4) is 0 Å². The lowest BCUT2D eigenvalue weighted by atomic mass is 10.0. The molecule has 1 aromatic rings. The first-order valence-electron chi connectivity index (χ1n) is 7.57. The van der Waals surface area contributed by atoms with E-state index in [9.17, 15) is 13.2 Å². The monoisotopic (exact) mass is 350 g/mol. The Labute approximate surface area is 140 Å². The van der Waals surface area contributed by atoms with Gasteiger partial charge in [0.2, 0.25) is 15.9 Å². The van der Waals surface area contributed by atoms with Gasteiger partial charge in [0.15, 0.2) is 5.66 Å². The summed E-state index contributed by atoms with van der Waals surface area (Å²) in [4.78, 5) is 14.0. The van der Waals surface area contributed by atoms with E-state index in [4.69, 9.17) is 11.6 Å². The van der Waals surface area contributed by atoms with Gasteiger partial charge in [-0.1, -0.05) is 0 Å². The van der Waals surface area contributed by atoms with Gasteiger partial charge >= 0.3 is 0 Å². The van der Waals surface area contributed by atoms with Gasteiger partial charge in [-0.05, 0) is 0 Å². The van der Waals surface area contributed by atoms with E-state index in [1.165, 1.54) is 6.20 Å². The molecule has 24 heavy (non-hydrogen) atoms. The molecule has 0 aliphatic carbocycles. The molecule has 2 N–H and O–H groups in total. The molecule has 9 nitrogen and oxygen atoms in total. The fraction of sp³-hybridized carbons (Fsp3) is 0.571. The van der Waals surface area contributed by atoms with Crippen LogP contribution in [0.5, 0.6) is 0 Å². The molecule has 0 aromatic carbocycles. The van der Waals surface area contributed by atoms with Gasteiger partial charge in [-0.25, -0.2) is 13.6 Å². The molecule has 3 rings (SSSR count). The van der Waals surface area contributed by atoms with E-state index in [0.717, 1.165) is 0 Å². The standard InChI is InChI=1S/C14H18N6O3S/c1-2-3-5-14(17-18-14)6-4-13(21)19-7-8-20-11(10-19)12(9-16-20)24(15,22)23/h1,9H,3-8,10H2,(H2,15,22,23). The lowest BCUT2D eigenvalue weighted by Gasteiger charge is -2.28. The van der Waals surface area contributed by atoms with Crippen molar-refractivity contribution in [2.24, 2.45) is 15.4 Å². The van der Waals surface area contributed by atoms with Crippen LogP contribution >= 0.6 is 0 Å². The van der Waals surface area contributed by atoms with Crippen molar-refractivity contribution in [1.82, 2.24) is 14.7 Å². The number of nitrogens with two attached hydrogens (primary N) is 1. The maximum atomic E-state index is 12.4. The molecule has 0 fully saturated rings. The average molecular weight is 350 g/mol. The minimum atomic E-state index is -3.86. The van der Waals surface area contributed by atoms with Gasteiger partial charge < -0.3 is 4.90 Å². The number of hydrogen-bond acceptors (Lipinski definition) is 6. The fourth-order valence-corrected chi connectivity index (χ4v) is 3.50. The molecular weight excluding hydrogens is 332 g/mol. The molecule has 2 aliphatic rings. The van der Waals surface area contributed by atoms with Crippen molar-refractivity contribution in [3.63, 3.8) is 0 Å². The van der Waals surface area contributed by atoms with E-state index in [-0.39, 0.29) is 23.8 Å². The van der Waals surface area contributed by atoms with Crippen LogP contribution in [0, 0.1) is 12.3 Å². The number of hydrogen-bond donors (Lipinski definition) is 1. The van der Waals surface area contributed by atoms with Gasteiger partial charge in [-0.2, -0.15) is 15.3 Å². The number of carbonyl (C=O) groups excluding carboxylic acids is 1. The number of aromatic nitrogens is 2. The van der Waals surface area contributed by atoms with Crippen molar-refractivity contribution in [3.8, 4) is 12.3 Å². The molecule has 0 saturated carbocycles. The molecule has 1 amide bonds. The number of rotatable bonds is 6. The molecule has 0 unspecified atom stereocenters. The van der Waals surface area contributed by atoms with Crippen molar-refractivity contribution in [1.29, 1.82) is 0 Å². The van der Waals surface area contributed by atoms with Crippen molar-refractivity contribution in [3.05, 3.63) is 11.9 Å². The first kappa shape index (κ1) is 16.6. The van der Waals surface area contributed by atoms with Gasteiger partial charge in [0.1, 0.15) is 4.90 Å². The van der Waals surface area contributed by atoms with Gasteiger partial charge in [-0.3, -0.25) is 9.48 Å². The summed E-state index contributed by atoms with van der Waals surface area (Å²) in [7, 11) is -3.86. The highest BCUT2D eigenvalue weighted by Gasteiger charge is 2.40. The number of primary sulfonamides is 1. The van der Waals surface area contributed by atoms with Crippen LogP contribution in [0.1, 0.15) is 31.4 Å². The van der Waals surface area contributed by atoms with Crippen molar-refractivity contribution in [2.45, 2.75) is 49.3 Å². The summed E-state index contributed by atoms with van der Waals surface area (Å²) in [6.07, 6.45) is 8.51. The van der Waals surface area contributed by atoms with Crippen molar-refractivity contribution in [2.75, 3.05) is 6.54 Å². The first-order valence-corrected chi connectivity index (χ1v) is 9.12. The topological polar surface area (TPSA) is 123 Å². The van der Waals surface area contributed by atoms with Gasteiger partial charge in [0.25, 0.3) is 0 Å². The summed E-state index contributed by atoms with van der Waals surface area (Å²) in [5.41, 5.74) is -0.0503. The van der Waals surface area contributed by atoms with Crippen molar-refractivity contribution >= 4 is 15.9 Å². The predicted molar refractivity (Wildman–Crippen MR) is 83.9 cm³/mol. The van der Waals surface area contributed by atoms with Crippen LogP contribution < -0.4 is 5.14 Å². The molecule has 128 valence electrons. The minimum Gasteiger partial charge on any atom is -0.335 e. The molecule has 10 heteroatoms. The number of nitrogens with zero attached hydrogens (tertiary/aromatic N) is 5. The lowest BCUT2D eigenvalue weighted by Crippen LogP contribution is -2.39. The van der Waals surface area contributed by atoms with E-state index in [1.807, 2.05) is 0 Å². The molecule has 0 radical (unpaired) electrons. The largest absolute Gasteiger partial charge is 0.335 e. The van der Waals surface area contributed by atoms with Gasteiger partial charge in [0, 0.05) is 32.2 Å². The summed E-state index contributed by atoms with van der Waals surface area (Å²) in [6, 6.07) is 0. The summed E-state index contributed by atoms with van der Waals surface area (Å²) < 4.78 is 24.7. The summed E-state index contributed by atoms with van der Waals surface area (Å²) in [5.74, 6) is 2.48. The second-order valence-electron chi connectivity index (χ2n) is 5.93. The molecule has 3 heterocycles. The molecule has 0 saturated heterocycles. The molecule has 2 aliphatic heterocycles. The molecular formula is C14H18N6O3S. The quantitative estimate of drug-likeness (QED) is 0.738. The molecule has 1 aromatic heterocycles. The average Bonchev–Trinajstić information content (AvgIpc) is 3.17. The SMILES string of the molecule is C#CCCC1(CCC(=O)N2CCn3ncc(S(N)(=O)=O)c3C2)N=N1. The Morgan fingerprint density at radius 1 is 1.38 bits per heavy atom. The number of sulfonamides is 1. The highest BCUT2D eigenvalue weighted by atomic mass is 32.2. The van der Waals surface area contributed by atoms with Crippen LogP contribution in [0.4, 0.5) is 0 Å². The second kappa shape index (κ2) is 5.99. The van der Waals surface area contributed by atoms with Gasteiger partial charge in [-0.15, -0.1) is 12.3 Å². The van der Waals surface area contributed by atoms with E-state index in [0.29, 0.717) is 38.0 Å². The Morgan fingerprint density at radius 2 is 2.12 bits per heavy atom. The summed E-state index contributed by atoms with van der Waals surface area (Å²) >= 11 is 0. The Kier molecular flexibility index (Phi) is 4.15. The fourth-order valence-electron chi connectivity index (χ4n) is 2.80. The zero-order valence-electron chi connectivity index (χ0n) is 13.1. The third-order valence-corrected chi connectivity index (χ3v) is 5.24. The minimum absolute atomic E-state index is 0.0299. The van der Waals surface area contributed by atoms with Gasteiger partial charge in [0.05, 0.1) is 25.0 Å². The van der Waals surface area contributed by atoms with E-state index < -0.39 is 15.7 Å². The number of amides is 1. The van der Waals surface area contributed by atoms with Crippen LogP contribution in [-0.4, -0.2) is 41.2 Å². The van der Waals surface area contributed by atoms with Crippen LogP contribution in [0.25, 0.3) is 0 Å². The van der Waals surface area contributed by atoms with Crippen LogP contribution in [0.15, 0.2) is 21.3 Å². The zero-order valence-corrected chi connectivity index (χ0v) is 13.9. The molecule has 0 spiro atoms. The number of carbonyl (C=O) groups is 1. The predicted octanol–water partition coefficient (Wildman–Crippen LogP) is 0.228. The number of fused-ring (bicyclic) bond motifs is 1. The maximum Gasteiger partial charge on any atom is 0.241 e. The maximum absolute atomic E-state index is 12.4. The Bertz CT molecular complexity index is 829. The summed E-state index contributed by atoms with van der Waals surface area (Å²) in [5, 5.41) is 17.2. The molecule has 0 atom stereocenters. The highest BCUT2D eigenvalue weighted by molar-refractivity contribution is 7.89. The van der Waals surface area contributed by atoms with Crippen LogP contribution in [-0.2, 0) is 27.9 Å². The summed E-state index contributed by atoms with van der Waals surface area (Å²) in [6.45, 7) is 1.09. The highest BCUT2D eigenvalue weighted by Crippen LogP contribution is 2.37. The Balaban J connectivity index is 1.62. The third-order valence-electron chi connectivity index (χ3n) is 4.28. The Morgan fingerprint density at radius 3 is 2.75 bits per heavy atom. The zero-order chi connectivity index (χ0) is 17.4. The smallest absolute Gasteiger partial charge is 0.241 e. The van der Waals surface area contributed by atoms with E-state index in [2.05, 4.69) is 21.2 Å². The number of terminal acetylenes is 1. The molecule has 0 bridgehead atoms. The van der Waals surface area contributed by atoms with Crippen LogP contribution in [0.2, 0.25) is 0 Å². The van der Waals surface area contributed by atoms with Crippen molar-refractivity contribution < 1.29 is 13.2 Å². The normalized spacial score (nSPS) is 18.1.